The summed E-state index contributed by atoms with van der Waals surface area (Å²) in [7, 11) is -1.61. The third kappa shape index (κ3) is 5.23. The first-order chi connectivity index (χ1) is 8.87. The Morgan fingerprint density at radius 3 is 2.42 bits per heavy atom. The zero-order valence-electron chi connectivity index (χ0n) is 12.4. The first kappa shape index (κ1) is 17.2. The Hall–Kier alpha value is 0.180. The van der Waals surface area contributed by atoms with Gasteiger partial charge in [-0.1, -0.05) is 20.8 Å². The number of nitrogens with one attached hydrogen (secondary N) is 1. The molecule has 0 aromatic heterocycles. The predicted molar refractivity (Wildman–Crippen MR) is 82.8 cm³/mol. The standard InChI is InChI=1S/C12H27N3O2S2/c1-5-13-7-6-8-14(4)19(16,17)15-9-11(2)18-12(3)10-15/h11-13H,5-10H2,1-4H3. The van der Waals surface area contributed by atoms with Crippen molar-refractivity contribution in [1.82, 2.24) is 13.9 Å². The fourth-order valence-electron chi connectivity index (χ4n) is 2.24. The molecular weight excluding hydrogens is 282 g/mol. The van der Waals surface area contributed by atoms with E-state index in [1.807, 2.05) is 11.8 Å². The highest BCUT2D eigenvalue weighted by Gasteiger charge is 2.33. The van der Waals surface area contributed by atoms with E-state index in [1.165, 1.54) is 4.31 Å². The number of thioether (sulfide) groups is 1. The van der Waals surface area contributed by atoms with Gasteiger partial charge in [-0.3, -0.25) is 0 Å². The maximum Gasteiger partial charge on any atom is 0.281 e. The molecule has 5 nitrogen and oxygen atoms in total. The van der Waals surface area contributed by atoms with Crippen molar-refractivity contribution in [3.05, 3.63) is 0 Å². The van der Waals surface area contributed by atoms with Gasteiger partial charge in [0.1, 0.15) is 0 Å². The van der Waals surface area contributed by atoms with Crippen molar-refractivity contribution in [2.45, 2.75) is 37.7 Å². The number of rotatable bonds is 7. The molecule has 114 valence electrons. The van der Waals surface area contributed by atoms with Crippen LogP contribution in [0.4, 0.5) is 0 Å². The minimum absolute atomic E-state index is 0.369. The first-order valence-corrected chi connectivity index (χ1v) is 9.29. The summed E-state index contributed by atoms with van der Waals surface area (Å²) in [5, 5.41) is 3.95. The lowest BCUT2D eigenvalue weighted by atomic mass is 10.4. The highest BCUT2D eigenvalue weighted by Crippen LogP contribution is 2.27. The van der Waals surface area contributed by atoms with E-state index < -0.39 is 10.2 Å². The van der Waals surface area contributed by atoms with E-state index >= 15 is 0 Å². The van der Waals surface area contributed by atoms with Crippen LogP contribution in [0.5, 0.6) is 0 Å². The summed E-state index contributed by atoms with van der Waals surface area (Å²) in [6.07, 6.45) is 0.845. The summed E-state index contributed by atoms with van der Waals surface area (Å²) in [6, 6.07) is 0. The van der Waals surface area contributed by atoms with Crippen LogP contribution < -0.4 is 5.32 Å². The quantitative estimate of drug-likeness (QED) is 0.713. The monoisotopic (exact) mass is 309 g/mol. The highest BCUT2D eigenvalue weighted by molar-refractivity contribution is 8.00. The smallest absolute Gasteiger partial charge is 0.281 e. The van der Waals surface area contributed by atoms with Crippen LogP contribution in [0.15, 0.2) is 0 Å². The van der Waals surface area contributed by atoms with Crippen LogP contribution in [0, 0.1) is 0 Å². The molecular formula is C12H27N3O2S2. The Morgan fingerprint density at radius 1 is 1.32 bits per heavy atom. The highest BCUT2D eigenvalue weighted by atomic mass is 32.2. The molecule has 1 N–H and O–H groups in total. The molecule has 0 amide bonds. The molecule has 1 aliphatic rings. The average Bonchev–Trinajstić information content (AvgIpc) is 2.33. The second-order valence-corrected chi connectivity index (χ2v) is 9.03. The molecule has 0 aliphatic carbocycles. The molecule has 0 bridgehead atoms. The van der Waals surface area contributed by atoms with Crippen molar-refractivity contribution in [2.24, 2.45) is 0 Å². The predicted octanol–water partition coefficient (Wildman–Crippen LogP) is 0.988. The summed E-state index contributed by atoms with van der Waals surface area (Å²) in [5.74, 6) is 0. The van der Waals surface area contributed by atoms with Gasteiger partial charge in [-0.25, -0.2) is 0 Å². The van der Waals surface area contributed by atoms with Gasteiger partial charge in [-0.15, -0.1) is 0 Å². The second kappa shape index (κ2) is 7.83. The number of hydrogen-bond donors (Lipinski definition) is 1. The minimum Gasteiger partial charge on any atom is -0.317 e. The van der Waals surface area contributed by atoms with E-state index in [0.29, 0.717) is 30.1 Å². The molecule has 2 atom stereocenters. The van der Waals surface area contributed by atoms with Crippen molar-refractivity contribution >= 4 is 22.0 Å². The summed E-state index contributed by atoms with van der Waals surface area (Å²) in [4.78, 5) is 0. The zero-order valence-corrected chi connectivity index (χ0v) is 14.1. The van der Waals surface area contributed by atoms with E-state index in [-0.39, 0.29) is 0 Å². The van der Waals surface area contributed by atoms with Crippen LogP contribution in [0.2, 0.25) is 0 Å². The summed E-state index contributed by atoms with van der Waals surface area (Å²) in [6.45, 7) is 9.83. The average molecular weight is 310 g/mol. The van der Waals surface area contributed by atoms with Crippen molar-refractivity contribution in [2.75, 3.05) is 39.8 Å². The maximum atomic E-state index is 12.5. The Bertz CT molecular complexity index is 352. The van der Waals surface area contributed by atoms with Crippen molar-refractivity contribution in [3.63, 3.8) is 0 Å². The molecule has 1 rings (SSSR count). The molecule has 19 heavy (non-hydrogen) atoms. The molecule has 0 aromatic carbocycles. The van der Waals surface area contributed by atoms with E-state index in [2.05, 4.69) is 26.1 Å². The molecule has 7 heteroatoms. The maximum absolute atomic E-state index is 12.5. The lowest BCUT2D eigenvalue weighted by Crippen LogP contribution is -2.49. The third-order valence-electron chi connectivity index (χ3n) is 3.18. The van der Waals surface area contributed by atoms with Gasteiger partial charge in [0, 0.05) is 37.2 Å². The molecule has 1 saturated heterocycles. The number of nitrogens with zero attached hydrogens (tertiary/aromatic N) is 2. The molecule has 1 fully saturated rings. The normalized spacial score (nSPS) is 25.9. The van der Waals surface area contributed by atoms with Crippen LogP contribution in [0.3, 0.4) is 0 Å². The lowest BCUT2D eigenvalue weighted by Gasteiger charge is -2.35. The third-order valence-corrected chi connectivity index (χ3v) is 6.33. The topological polar surface area (TPSA) is 52.7 Å². The Morgan fingerprint density at radius 2 is 1.89 bits per heavy atom. The van der Waals surface area contributed by atoms with Crippen LogP contribution in [-0.4, -0.2) is 67.3 Å². The molecule has 1 heterocycles. The van der Waals surface area contributed by atoms with Crippen molar-refractivity contribution < 1.29 is 8.42 Å². The largest absolute Gasteiger partial charge is 0.317 e. The fourth-order valence-corrected chi connectivity index (χ4v) is 5.33. The Balaban J connectivity index is 2.53. The van der Waals surface area contributed by atoms with E-state index in [4.69, 9.17) is 0 Å². The molecule has 0 spiro atoms. The van der Waals surface area contributed by atoms with Crippen molar-refractivity contribution in [1.29, 1.82) is 0 Å². The SMILES string of the molecule is CCNCCCN(C)S(=O)(=O)N1CC(C)SC(C)C1. The summed E-state index contributed by atoms with van der Waals surface area (Å²) < 4.78 is 28.0. The van der Waals surface area contributed by atoms with Gasteiger partial charge < -0.3 is 5.32 Å². The van der Waals surface area contributed by atoms with Crippen LogP contribution in [-0.2, 0) is 10.2 Å². The summed E-state index contributed by atoms with van der Waals surface area (Å²) in [5.41, 5.74) is 0. The van der Waals surface area contributed by atoms with Gasteiger partial charge in [0.15, 0.2) is 0 Å². The van der Waals surface area contributed by atoms with Crippen LogP contribution >= 0.6 is 11.8 Å². The first-order valence-electron chi connectivity index (χ1n) is 6.95. The molecule has 1 aliphatic heterocycles. The van der Waals surface area contributed by atoms with E-state index in [1.54, 1.807) is 11.4 Å². The van der Waals surface area contributed by atoms with E-state index in [0.717, 1.165) is 19.5 Å². The Labute approximate surface area is 122 Å². The van der Waals surface area contributed by atoms with E-state index in [9.17, 15) is 8.42 Å². The van der Waals surface area contributed by atoms with Crippen LogP contribution in [0.1, 0.15) is 27.2 Å². The van der Waals surface area contributed by atoms with Gasteiger partial charge in [-0.2, -0.15) is 28.8 Å². The summed E-state index contributed by atoms with van der Waals surface area (Å²) >= 11 is 1.86. The Kier molecular flexibility index (Phi) is 7.10. The van der Waals surface area contributed by atoms with Gasteiger partial charge >= 0.3 is 0 Å². The molecule has 0 saturated carbocycles. The minimum atomic E-state index is -3.29. The second-order valence-electron chi connectivity index (χ2n) is 5.11. The molecule has 0 radical (unpaired) electrons. The molecule has 0 aromatic rings. The van der Waals surface area contributed by atoms with Crippen molar-refractivity contribution in [3.8, 4) is 0 Å². The van der Waals surface area contributed by atoms with Gasteiger partial charge in [0.2, 0.25) is 0 Å². The molecule has 2 unspecified atom stereocenters. The van der Waals surface area contributed by atoms with Gasteiger partial charge in [0.25, 0.3) is 10.2 Å². The van der Waals surface area contributed by atoms with Crippen LogP contribution in [0.25, 0.3) is 0 Å². The number of hydrogen-bond acceptors (Lipinski definition) is 4. The lowest BCUT2D eigenvalue weighted by molar-refractivity contribution is 0.352. The zero-order chi connectivity index (χ0) is 14.5. The van der Waals surface area contributed by atoms with Gasteiger partial charge in [0.05, 0.1) is 0 Å². The fraction of sp³-hybridized carbons (Fsp3) is 1.00. The van der Waals surface area contributed by atoms with Gasteiger partial charge in [-0.05, 0) is 19.5 Å².